The van der Waals surface area contributed by atoms with Crippen molar-refractivity contribution in [1.82, 2.24) is 15.3 Å². The molecule has 0 saturated carbocycles. The summed E-state index contributed by atoms with van der Waals surface area (Å²) < 4.78 is 5.31. The number of aryl methyl sites for hydroxylation is 1. The lowest BCUT2D eigenvalue weighted by atomic mass is 10.2. The second kappa shape index (κ2) is 6.33. The summed E-state index contributed by atoms with van der Waals surface area (Å²) >= 11 is 0. The standard InChI is InChI=1S/C14H20N4O/c1-4-15-7-13-8-16-9-14(17-13)18(3)10-12-5-6-19-11(12)2/h5-6,8-9,15H,4,7,10H2,1-3H3. The normalized spacial score (nSPS) is 10.7. The number of rotatable bonds is 6. The molecule has 0 amide bonds. The molecule has 0 aliphatic heterocycles. The molecule has 2 aromatic heterocycles. The van der Waals surface area contributed by atoms with E-state index in [-0.39, 0.29) is 0 Å². The predicted octanol–water partition coefficient (Wildman–Crippen LogP) is 2.12. The van der Waals surface area contributed by atoms with Gasteiger partial charge in [-0.25, -0.2) is 4.98 Å². The van der Waals surface area contributed by atoms with Crippen molar-refractivity contribution in [1.29, 1.82) is 0 Å². The van der Waals surface area contributed by atoms with Crippen LogP contribution < -0.4 is 10.2 Å². The van der Waals surface area contributed by atoms with Gasteiger partial charge in [0.25, 0.3) is 0 Å². The molecule has 0 unspecified atom stereocenters. The van der Waals surface area contributed by atoms with Crippen LogP contribution in [0.1, 0.15) is 23.9 Å². The zero-order valence-corrected chi connectivity index (χ0v) is 11.7. The Morgan fingerprint density at radius 1 is 1.37 bits per heavy atom. The highest BCUT2D eigenvalue weighted by molar-refractivity contribution is 5.37. The summed E-state index contributed by atoms with van der Waals surface area (Å²) in [5.74, 6) is 1.82. The third kappa shape index (κ3) is 3.54. The Morgan fingerprint density at radius 3 is 2.89 bits per heavy atom. The second-order valence-corrected chi connectivity index (χ2v) is 4.51. The predicted molar refractivity (Wildman–Crippen MR) is 75.0 cm³/mol. The van der Waals surface area contributed by atoms with Crippen molar-refractivity contribution in [2.45, 2.75) is 26.9 Å². The zero-order valence-electron chi connectivity index (χ0n) is 11.7. The van der Waals surface area contributed by atoms with Gasteiger partial charge < -0.3 is 14.6 Å². The van der Waals surface area contributed by atoms with Gasteiger partial charge in [0, 0.05) is 31.9 Å². The maximum absolute atomic E-state index is 5.31. The number of furan rings is 1. The molecule has 1 N–H and O–H groups in total. The third-order valence-corrected chi connectivity index (χ3v) is 2.99. The molecule has 2 heterocycles. The van der Waals surface area contributed by atoms with Crippen LogP contribution >= 0.6 is 0 Å². The average Bonchev–Trinajstić information content (AvgIpc) is 2.82. The zero-order chi connectivity index (χ0) is 13.7. The summed E-state index contributed by atoms with van der Waals surface area (Å²) in [5.41, 5.74) is 2.12. The maximum Gasteiger partial charge on any atom is 0.147 e. The molecule has 102 valence electrons. The topological polar surface area (TPSA) is 54.2 Å². The lowest BCUT2D eigenvalue weighted by Gasteiger charge is -2.18. The van der Waals surface area contributed by atoms with Crippen molar-refractivity contribution < 1.29 is 4.42 Å². The van der Waals surface area contributed by atoms with Gasteiger partial charge in [0.15, 0.2) is 0 Å². The van der Waals surface area contributed by atoms with Gasteiger partial charge in [-0.1, -0.05) is 6.92 Å². The van der Waals surface area contributed by atoms with Crippen LogP contribution in [0.4, 0.5) is 5.82 Å². The Hall–Kier alpha value is -1.88. The van der Waals surface area contributed by atoms with Crippen LogP contribution in [0.5, 0.6) is 0 Å². The van der Waals surface area contributed by atoms with Crippen LogP contribution in [0.2, 0.25) is 0 Å². The van der Waals surface area contributed by atoms with E-state index in [1.54, 1.807) is 18.7 Å². The van der Waals surface area contributed by atoms with Crippen LogP contribution in [0, 0.1) is 6.92 Å². The van der Waals surface area contributed by atoms with Gasteiger partial charge in [-0.15, -0.1) is 0 Å². The van der Waals surface area contributed by atoms with E-state index in [1.165, 1.54) is 5.56 Å². The second-order valence-electron chi connectivity index (χ2n) is 4.51. The van der Waals surface area contributed by atoms with Gasteiger partial charge in [0.05, 0.1) is 18.2 Å². The number of hydrogen-bond acceptors (Lipinski definition) is 5. The van der Waals surface area contributed by atoms with Gasteiger partial charge in [-0.3, -0.25) is 4.98 Å². The van der Waals surface area contributed by atoms with Crippen molar-refractivity contribution in [2.24, 2.45) is 0 Å². The van der Waals surface area contributed by atoms with Crippen LogP contribution in [-0.2, 0) is 13.1 Å². The summed E-state index contributed by atoms with van der Waals surface area (Å²) in [6, 6.07) is 1.99. The molecule has 2 aromatic rings. The molecule has 0 radical (unpaired) electrons. The minimum Gasteiger partial charge on any atom is -0.469 e. The molecule has 0 saturated heterocycles. The molecule has 0 aliphatic rings. The maximum atomic E-state index is 5.31. The van der Waals surface area contributed by atoms with Crippen molar-refractivity contribution in [3.63, 3.8) is 0 Å². The quantitative estimate of drug-likeness (QED) is 0.862. The highest BCUT2D eigenvalue weighted by Crippen LogP contribution is 2.15. The van der Waals surface area contributed by atoms with E-state index in [0.29, 0.717) is 0 Å². The average molecular weight is 260 g/mol. The minimum absolute atomic E-state index is 0.746. The molecule has 2 rings (SSSR count). The number of aromatic nitrogens is 2. The summed E-state index contributed by atoms with van der Waals surface area (Å²) in [7, 11) is 2.01. The van der Waals surface area contributed by atoms with Gasteiger partial charge in [-0.05, 0) is 19.5 Å². The number of hydrogen-bond donors (Lipinski definition) is 1. The first-order valence-electron chi connectivity index (χ1n) is 6.46. The summed E-state index contributed by atoms with van der Waals surface area (Å²) in [5, 5.41) is 3.25. The van der Waals surface area contributed by atoms with Crippen LogP contribution in [-0.4, -0.2) is 23.6 Å². The minimum atomic E-state index is 0.746. The van der Waals surface area contributed by atoms with E-state index in [9.17, 15) is 0 Å². The lowest BCUT2D eigenvalue weighted by Crippen LogP contribution is -2.20. The van der Waals surface area contributed by atoms with Gasteiger partial charge in [0.1, 0.15) is 11.6 Å². The molecule has 0 aromatic carbocycles. The fourth-order valence-electron chi connectivity index (χ4n) is 1.83. The fraction of sp³-hybridized carbons (Fsp3) is 0.429. The Kier molecular flexibility index (Phi) is 4.52. The molecule has 0 bridgehead atoms. The molecule has 0 atom stereocenters. The molecular weight excluding hydrogens is 240 g/mol. The highest BCUT2D eigenvalue weighted by Gasteiger charge is 2.08. The molecule has 0 spiro atoms. The Labute approximate surface area is 113 Å². The fourth-order valence-corrected chi connectivity index (χ4v) is 1.83. The monoisotopic (exact) mass is 260 g/mol. The summed E-state index contributed by atoms with van der Waals surface area (Å²) in [6.07, 6.45) is 5.29. The van der Waals surface area contributed by atoms with Crippen LogP contribution in [0.25, 0.3) is 0 Å². The van der Waals surface area contributed by atoms with Crippen LogP contribution in [0.15, 0.2) is 29.1 Å². The molecule has 19 heavy (non-hydrogen) atoms. The van der Waals surface area contributed by atoms with Crippen LogP contribution in [0.3, 0.4) is 0 Å². The van der Waals surface area contributed by atoms with E-state index in [0.717, 1.165) is 36.9 Å². The Bertz CT molecular complexity index is 524. The Morgan fingerprint density at radius 2 is 2.21 bits per heavy atom. The molecule has 5 nitrogen and oxygen atoms in total. The van der Waals surface area contributed by atoms with Crippen molar-refractivity contribution in [3.8, 4) is 0 Å². The largest absolute Gasteiger partial charge is 0.469 e. The number of nitrogens with zero attached hydrogens (tertiary/aromatic N) is 3. The van der Waals surface area contributed by atoms with Crippen molar-refractivity contribution in [2.75, 3.05) is 18.5 Å². The van der Waals surface area contributed by atoms with Crippen molar-refractivity contribution in [3.05, 3.63) is 41.7 Å². The molecule has 0 aliphatic carbocycles. The number of nitrogens with one attached hydrogen (secondary N) is 1. The summed E-state index contributed by atoms with van der Waals surface area (Å²) in [6.45, 7) is 6.48. The Balaban J connectivity index is 2.06. The van der Waals surface area contributed by atoms with Crippen molar-refractivity contribution >= 4 is 5.82 Å². The van der Waals surface area contributed by atoms with Gasteiger partial charge in [-0.2, -0.15) is 0 Å². The van der Waals surface area contributed by atoms with E-state index in [4.69, 9.17) is 4.42 Å². The van der Waals surface area contributed by atoms with E-state index >= 15 is 0 Å². The first-order chi connectivity index (χ1) is 9.20. The van der Waals surface area contributed by atoms with E-state index in [2.05, 4.69) is 27.1 Å². The molecular formula is C14H20N4O. The summed E-state index contributed by atoms with van der Waals surface area (Å²) in [4.78, 5) is 10.9. The number of anilines is 1. The highest BCUT2D eigenvalue weighted by atomic mass is 16.3. The molecule has 5 heteroatoms. The smallest absolute Gasteiger partial charge is 0.147 e. The van der Waals surface area contributed by atoms with E-state index < -0.39 is 0 Å². The van der Waals surface area contributed by atoms with Gasteiger partial charge >= 0.3 is 0 Å². The molecule has 0 fully saturated rings. The van der Waals surface area contributed by atoms with Gasteiger partial charge in [0.2, 0.25) is 0 Å². The third-order valence-electron chi connectivity index (χ3n) is 2.99. The first kappa shape index (κ1) is 13.5. The lowest BCUT2D eigenvalue weighted by molar-refractivity contribution is 0.529. The first-order valence-corrected chi connectivity index (χ1v) is 6.46. The SMILES string of the molecule is CCNCc1cncc(N(C)Cc2ccoc2C)n1. The van der Waals surface area contributed by atoms with E-state index in [1.807, 2.05) is 20.0 Å².